The minimum absolute atomic E-state index is 0.129. The molecule has 0 aliphatic carbocycles. The molecule has 7 nitrogen and oxygen atoms in total. The molecule has 7 heteroatoms. The molecule has 3 rings (SSSR count). The normalized spacial score (nSPS) is 11.2. The number of rotatable bonds is 11. The number of nitrogens with one attached hydrogen (secondary N) is 2. The lowest BCUT2D eigenvalue weighted by atomic mass is 10.1. The van der Waals surface area contributed by atoms with Crippen LogP contribution in [0.2, 0.25) is 0 Å². The van der Waals surface area contributed by atoms with Gasteiger partial charge in [0.25, 0.3) is 0 Å². The Morgan fingerprint density at radius 1 is 0.853 bits per heavy atom. The number of carbonyl (C=O) groups is 2. The first-order valence-electron chi connectivity index (χ1n) is 11.1. The van der Waals surface area contributed by atoms with Gasteiger partial charge in [0.05, 0.1) is 14.2 Å². The number of hydrogen-bond acceptors (Lipinski definition) is 5. The van der Waals surface area contributed by atoms with Crippen molar-refractivity contribution in [2.75, 3.05) is 20.8 Å². The SMILES string of the molecule is COc1ccc(CCNC(=O)C(Cc2ccccc2)NC(=O)OCc2ccccc2)c(OC)c1. The summed E-state index contributed by atoms with van der Waals surface area (Å²) >= 11 is 0. The highest BCUT2D eigenvalue weighted by atomic mass is 16.5. The standard InChI is InChI=1S/C27H30N2O5/c1-32-23-14-13-22(25(18-23)33-2)15-16-28-26(30)24(17-20-9-5-3-6-10-20)29-27(31)34-19-21-11-7-4-8-12-21/h3-14,18,24H,15-17,19H2,1-2H3,(H,28,30)(H,29,31). The van der Waals surface area contributed by atoms with Gasteiger partial charge >= 0.3 is 6.09 Å². The summed E-state index contributed by atoms with van der Waals surface area (Å²) in [5, 5.41) is 5.62. The molecule has 0 fully saturated rings. The van der Waals surface area contributed by atoms with Crippen LogP contribution in [0.25, 0.3) is 0 Å². The Balaban J connectivity index is 1.59. The zero-order valence-electron chi connectivity index (χ0n) is 19.5. The van der Waals surface area contributed by atoms with E-state index in [9.17, 15) is 9.59 Å². The second-order valence-corrected chi connectivity index (χ2v) is 7.67. The third-order valence-corrected chi connectivity index (χ3v) is 5.29. The van der Waals surface area contributed by atoms with Crippen LogP contribution in [0, 0.1) is 0 Å². The zero-order valence-corrected chi connectivity index (χ0v) is 19.5. The quantitative estimate of drug-likeness (QED) is 0.451. The summed E-state index contributed by atoms with van der Waals surface area (Å²) in [4.78, 5) is 25.4. The van der Waals surface area contributed by atoms with Gasteiger partial charge in [-0.25, -0.2) is 4.79 Å². The third kappa shape index (κ3) is 7.55. The molecule has 1 atom stereocenters. The Morgan fingerprint density at radius 3 is 2.18 bits per heavy atom. The molecule has 1 unspecified atom stereocenters. The van der Waals surface area contributed by atoms with E-state index in [0.717, 1.165) is 16.7 Å². The number of ether oxygens (including phenoxy) is 3. The molecule has 3 aromatic rings. The van der Waals surface area contributed by atoms with Crippen molar-refractivity contribution in [3.05, 3.63) is 95.6 Å². The summed E-state index contributed by atoms with van der Waals surface area (Å²) in [7, 11) is 3.19. The van der Waals surface area contributed by atoms with E-state index in [4.69, 9.17) is 14.2 Å². The van der Waals surface area contributed by atoms with E-state index in [-0.39, 0.29) is 12.5 Å². The Morgan fingerprint density at radius 2 is 1.53 bits per heavy atom. The summed E-state index contributed by atoms with van der Waals surface area (Å²) in [6.07, 6.45) is 0.269. The minimum atomic E-state index is -0.775. The van der Waals surface area contributed by atoms with Crippen LogP contribution < -0.4 is 20.1 Å². The van der Waals surface area contributed by atoms with Crippen LogP contribution in [0.4, 0.5) is 4.79 Å². The van der Waals surface area contributed by atoms with Crippen molar-refractivity contribution in [2.45, 2.75) is 25.5 Å². The highest BCUT2D eigenvalue weighted by Gasteiger charge is 2.22. The van der Waals surface area contributed by atoms with E-state index in [2.05, 4.69) is 10.6 Å². The van der Waals surface area contributed by atoms with Gasteiger partial charge in [0, 0.05) is 19.0 Å². The Kier molecular flexibility index (Phi) is 9.34. The van der Waals surface area contributed by atoms with Crippen molar-refractivity contribution in [1.29, 1.82) is 0 Å². The number of amides is 2. The van der Waals surface area contributed by atoms with Crippen LogP contribution in [0.5, 0.6) is 11.5 Å². The number of benzene rings is 3. The maximum Gasteiger partial charge on any atom is 0.408 e. The molecule has 34 heavy (non-hydrogen) atoms. The van der Waals surface area contributed by atoms with E-state index >= 15 is 0 Å². The topological polar surface area (TPSA) is 85.9 Å². The first kappa shape index (κ1) is 24.6. The van der Waals surface area contributed by atoms with Crippen molar-refractivity contribution in [3.8, 4) is 11.5 Å². The Bertz CT molecular complexity index is 1060. The molecule has 0 aromatic heterocycles. The molecule has 0 saturated heterocycles. The van der Waals surface area contributed by atoms with Crippen LogP contribution in [-0.2, 0) is 29.0 Å². The Labute approximate surface area is 200 Å². The molecule has 0 spiro atoms. The van der Waals surface area contributed by atoms with Gasteiger partial charge in [0.2, 0.25) is 5.91 Å². The van der Waals surface area contributed by atoms with Crippen molar-refractivity contribution < 1.29 is 23.8 Å². The predicted octanol–water partition coefficient (Wildman–Crippen LogP) is 3.90. The lowest BCUT2D eigenvalue weighted by Gasteiger charge is -2.19. The van der Waals surface area contributed by atoms with Gasteiger partial charge in [-0.2, -0.15) is 0 Å². The van der Waals surface area contributed by atoms with Crippen LogP contribution in [0.3, 0.4) is 0 Å². The van der Waals surface area contributed by atoms with Gasteiger partial charge in [-0.05, 0) is 29.2 Å². The molecule has 3 aromatic carbocycles. The number of alkyl carbamates (subject to hydrolysis) is 1. The highest BCUT2D eigenvalue weighted by molar-refractivity contribution is 5.85. The third-order valence-electron chi connectivity index (χ3n) is 5.29. The molecule has 0 radical (unpaired) electrons. The molecule has 2 amide bonds. The lowest BCUT2D eigenvalue weighted by molar-refractivity contribution is -0.123. The summed E-state index contributed by atoms with van der Waals surface area (Å²) in [5.41, 5.74) is 2.75. The van der Waals surface area contributed by atoms with E-state index < -0.39 is 12.1 Å². The average molecular weight is 463 g/mol. The molecular formula is C27H30N2O5. The van der Waals surface area contributed by atoms with E-state index in [1.807, 2.05) is 72.8 Å². The number of hydrogen-bond donors (Lipinski definition) is 2. The number of methoxy groups -OCH3 is 2. The van der Waals surface area contributed by atoms with Gasteiger partial charge in [-0.1, -0.05) is 66.7 Å². The maximum absolute atomic E-state index is 13.0. The molecule has 0 aliphatic heterocycles. The largest absolute Gasteiger partial charge is 0.497 e. The average Bonchev–Trinajstić information content (AvgIpc) is 2.88. The molecule has 178 valence electrons. The van der Waals surface area contributed by atoms with E-state index in [0.29, 0.717) is 30.9 Å². The fourth-order valence-electron chi connectivity index (χ4n) is 3.47. The molecule has 0 aliphatic rings. The number of carbonyl (C=O) groups excluding carboxylic acids is 2. The zero-order chi connectivity index (χ0) is 24.2. The molecule has 0 saturated carbocycles. The fourth-order valence-corrected chi connectivity index (χ4v) is 3.47. The Hall–Kier alpha value is -4.00. The first-order valence-corrected chi connectivity index (χ1v) is 11.1. The van der Waals surface area contributed by atoms with Crippen molar-refractivity contribution >= 4 is 12.0 Å². The second kappa shape index (κ2) is 12.9. The molecule has 0 bridgehead atoms. The molecular weight excluding hydrogens is 432 g/mol. The molecule has 2 N–H and O–H groups in total. The van der Waals surface area contributed by atoms with Crippen molar-refractivity contribution in [1.82, 2.24) is 10.6 Å². The maximum atomic E-state index is 13.0. The van der Waals surface area contributed by atoms with Crippen LogP contribution >= 0.6 is 0 Å². The van der Waals surface area contributed by atoms with Gasteiger partial charge < -0.3 is 24.8 Å². The van der Waals surface area contributed by atoms with Gasteiger partial charge in [0.1, 0.15) is 24.1 Å². The second-order valence-electron chi connectivity index (χ2n) is 7.67. The van der Waals surface area contributed by atoms with Crippen molar-refractivity contribution in [3.63, 3.8) is 0 Å². The summed E-state index contributed by atoms with van der Waals surface area (Å²) in [5.74, 6) is 1.11. The lowest BCUT2D eigenvalue weighted by Crippen LogP contribution is -2.48. The van der Waals surface area contributed by atoms with Crippen LogP contribution in [-0.4, -0.2) is 38.8 Å². The summed E-state index contributed by atoms with van der Waals surface area (Å²) in [6, 6.07) is 23.7. The predicted molar refractivity (Wildman–Crippen MR) is 130 cm³/mol. The van der Waals surface area contributed by atoms with Crippen LogP contribution in [0.1, 0.15) is 16.7 Å². The van der Waals surface area contributed by atoms with Gasteiger partial charge in [-0.15, -0.1) is 0 Å². The van der Waals surface area contributed by atoms with Gasteiger partial charge in [0.15, 0.2) is 0 Å². The fraction of sp³-hybridized carbons (Fsp3) is 0.259. The summed E-state index contributed by atoms with van der Waals surface area (Å²) in [6.45, 7) is 0.511. The van der Waals surface area contributed by atoms with E-state index in [1.54, 1.807) is 20.3 Å². The monoisotopic (exact) mass is 462 g/mol. The summed E-state index contributed by atoms with van der Waals surface area (Å²) < 4.78 is 16.0. The smallest absolute Gasteiger partial charge is 0.408 e. The first-order chi connectivity index (χ1) is 16.6. The minimum Gasteiger partial charge on any atom is -0.497 e. The van der Waals surface area contributed by atoms with Crippen molar-refractivity contribution in [2.24, 2.45) is 0 Å². The van der Waals surface area contributed by atoms with Gasteiger partial charge in [-0.3, -0.25) is 4.79 Å². The highest BCUT2D eigenvalue weighted by Crippen LogP contribution is 2.24. The molecule has 0 heterocycles. The van der Waals surface area contributed by atoms with Crippen LogP contribution in [0.15, 0.2) is 78.9 Å². The van der Waals surface area contributed by atoms with E-state index in [1.165, 1.54) is 0 Å².